The quantitative estimate of drug-likeness (QED) is 0.694. The molecule has 16 heavy (non-hydrogen) atoms. The van der Waals surface area contributed by atoms with Gasteiger partial charge in [-0.1, -0.05) is 19.9 Å². The number of methoxy groups -OCH3 is 1. The van der Waals surface area contributed by atoms with Gasteiger partial charge in [-0.25, -0.2) is 0 Å². The lowest BCUT2D eigenvalue weighted by Crippen LogP contribution is -2.07. The molecule has 1 aliphatic heterocycles. The molecule has 1 aliphatic carbocycles. The number of hydrogen-bond acceptors (Lipinski definition) is 2. The lowest BCUT2D eigenvalue weighted by Gasteiger charge is -2.20. The molecular formula is C14H19NO. The zero-order valence-corrected chi connectivity index (χ0v) is 10.4. The van der Waals surface area contributed by atoms with Crippen LogP contribution in [-0.4, -0.2) is 12.8 Å². The summed E-state index contributed by atoms with van der Waals surface area (Å²) in [6, 6.07) is 0. The minimum atomic E-state index is 0.482. The first-order valence-corrected chi connectivity index (χ1v) is 5.84. The first-order valence-electron chi connectivity index (χ1n) is 5.84. The molecule has 0 aromatic heterocycles. The Balaban J connectivity index is 2.26. The second-order valence-corrected chi connectivity index (χ2v) is 4.66. The van der Waals surface area contributed by atoms with Crippen molar-refractivity contribution in [2.45, 2.75) is 27.2 Å². The van der Waals surface area contributed by atoms with E-state index in [2.05, 4.69) is 44.0 Å². The van der Waals surface area contributed by atoms with Gasteiger partial charge in [0.1, 0.15) is 0 Å². The van der Waals surface area contributed by atoms with Gasteiger partial charge in [0.15, 0.2) is 0 Å². The molecule has 2 unspecified atom stereocenters. The minimum absolute atomic E-state index is 0.482. The van der Waals surface area contributed by atoms with Crippen molar-refractivity contribution in [2.75, 3.05) is 7.11 Å². The zero-order valence-electron chi connectivity index (χ0n) is 10.4. The zero-order chi connectivity index (χ0) is 11.7. The number of rotatable bonds is 2. The fraction of sp³-hybridized carbons (Fsp3) is 0.500. The third kappa shape index (κ3) is 1.97. The molecule has 0 aromatic rings. The van der Waals surface area contributed by atoms with Crippen molar-refractivity contribution in [3.8, 4) is 0 Å². The highest BCUT2D eigenvalue weighted by Gasteiger charge is 2.22. The Kier molecular flexibility index (Phi) is 2.99. The molecule has 0 radical (unpaired) electrons. The summed E-state index contributed by atoms with van der Waals surface area (Å²) >= 11 is 0. The van der Waals surface area contributed by atoms with Gasteiger partial charge in [-0.3, -0.25) is 4.99 Å². The van der Waals surface area contributed by atoms with Gasteiger partial charge >= 0.3 is 0 Å². The monoisotopic (exact) mass is 217 g/mol. The Morgan fingerprint density at radius 3 is 2.56 bits per heavy atom. The van der Waals surface area contributed by atoms with Crippen LogP contribution in [0.25, 0.3) is 0 Å². The molecule has 0 spiro atoms. The standard InChI is InChI=1S/C14H19NO/c1-9-8-14(15-11(9)3)13-6-5-12(16-4)7-10(13)2/h5-6,8-10H,7H2,1-4H3. The van der Waals surface area contributed by atoms with E-state index >= 15 is 0 Å². The van der Waals surface area contributed by atoms with E-state index in [-0.39, 0.29) is 0 Å². The maximum atomic E-state index is 5.28. The third-order valence-electron chi connectivity index (χ3n) is 3.41. The summed E-state index contributed by atoms with van der Waals surface area (Å²) in [5.74, 6) is 2.03. The number of hydrogen-bond donors (Lipinski definition) is 0. The van der Waals surface area contributed by atoms with Crippen LogP contribution in [0.2, 0.25) is 0 Å². The van der Waals surface area contributed by atoms with Gasteiger partial charge in [0.05, 0.1) is 18.6 Å². The van der Waals surface area contributed by atoms with Crippen LogP contribution in [0.3, 0.4) is 0 Å². The molecule has 2 heteroatoms. The molecule has 0 saturated heterocycles. The maximum absolute atomic E-state index is 5.28. The van der Waals surface area contributed by atoms with Crippen LogP contribution in [-0.2, 0) is 4.74 Å². The molecule has 0 N–H and O–H groups in total. The summed E-state index contributed by atoms with van der Waals surface area (Å²) in [7, 11) is 1.73. The van der Waals surface area contributed by atoms with Crippen molar-refractivity contribution in [1.29, 1.82) is 0 Å². The average molecular weight is 217 g/mol. The van der Waals surface area contributed by atoms with Gasteiger partial charge in [-0.2, -0.15) is 0 Å². The van der Waals surface area contributed by atoms with Gasteiger partial charge in [-0.05, 0) is 30.6 Å². The van der Waals surface area contributed by atoms with Crippen molar-refractivity contribution in [1.82, 2.24) is 0 Å². The highest BCUT2D eigenvalue weighted by atomic mass is 16.5. The Morgan fingerprint density at radius 1 is 1.31 bits per heavy atom. The molecular weight excluding hydrogens is 198 g/mol. The molecule has 0 fully saturated rings. The first kappa shape index (κ1) is 11.2. The molecule has 0 bridgehead atoms. The smallest absolute Gasteiger partial charge is 0.0961 e. The van der Waals surface area contributed by atoms with Crippen LogP contribution in [0.1, 0.15) is 27.2 Å². The fourth-order valence-electron chi connectivity index (χ4n) is 2.16. The van der Waals surface area contributed by atoms with Crippen molar-refractivity contribution >= 4 is 5.71 Å². The average Bonchev–Trinajstić information content (AvgIpc) is 2.58. The molecule has 2 nitrogen and oxygen atoms in total. The van der Waals surface area contributed by atoms with Gasteiger partial charge < -0.3 is 4.74 Å². The van der Waals surface area contributed by atoms with Crippen LogP contribution in [0, 0.1) is 11.8 Å². The van der Waals surface area contributed by atoms with Crippen LogP contribution in [0.5, 0.6) is 0 Å². The largest absolute Gasteiger partial charge is 0.501 e. The molecule has 2 atom stereocenters. The summed E-state index contributed by atoms with van der Waals surface area (Å²) in [6.45, 7) is 6.52. The Labute approximate surface area is 97.4 Å². The maximum Gasteiger partial charge on any atom is 0.0961 e. The lowest BCUT2D eigenvalue weighted by atomic mass is 9.89. The van der Waals surface area contributed by atoms with Crippen molar-refractivity contribution in [2.24, 2.45) is 16.8 Å². The van der Waals surface area contributed by atoms with E-state index in [0.717, 1.165) is 17.9 Å². The molecule has 86 valence electrons. The summed E-state index contributed by atoms with van der Waals surface area (Å²) in [4.78, 5) is 4.63. The summed E-state index contributed by atoms with van der Waals surface area (Å²) < 4.78 is 5.28. The summed E-state index contributed by atoms with van der Waals surface area (Å²) in [6.07, 6.45) is 7.43. The molecule has 1 heterocycles. The Bertz CT molecular complexity index is 412. The molecule has 2 aliphatic rings. The molecule has 0 saturated carbocycles. The number of nitrogens with zero attached hydrogens (tertiary/aromatic N) is 1. The van der Waals surface area contributed by atoms with Crippen LogP contribution >= 0.6 is 0 Å². The van der Waals surface area contributed by atoms with E-state index in [1.807, 2.05) is 0 Å². The van der Waals surface area contributed by atoms with Crippen molar-refractivity contribution in [3.05, 3.63) is 35.3 Å². The molecule has 0 amide bonds. The van der Waals surface area contributed by atoms with E-state index in [9.17, 15) is 0 Å². The van der Waals surface area contributed by atoms with Crippen LogP contribution in [0.15, 0.2) is 40.2 Å². The number of ether oxygens (including phenoxy) is 1. The number of allylic oxidation sites excluding steroid dienone is 5. The third-order valence-corrected chi connectivity index (χ3v) is 3.41. The molecule has 0 aromatic carbocycles. The van der Waals surface area contributed by atoms with Crippen molar-refractivity contribution in [3.63, 3.8) is 0 Å². The van der Waals surface area contributed by atoms with E-state index in [1.165, 1.54) is 11.3 Å². The van der Waals surface area contributed by atoms with Gasteiger partial charge in [0, 0.05) is 18.1 Å². The van der Waals surface area contributed by atoms with E-state index in [4.69, 9.17) is 4.74 Å². The van der Waals surface area contributed by atoms with Gasteiger partial charge in [0.25, 0.3) is 0 Å². The first-order chi connectivity index (χ1) is 7.61. The van der Waals surface area contributed by atoms with Gasteiger partial charge in [-0.15, -0.1) is 0 Å². The number of aliphatic imine (C=N–C) groups is 1. The predicted molar refractivity (Wildman–Crippen MR) is 67.3 cm³/mol. The summed E-state index contributed by atoms with van der Waals surface area (Å²) in [5, 5.41) is 0. The Hall–Kier alpha value is -1.31. The van der Waals surface area contributed by atoms with E-state index in [1.54, 1.807) is 7.11 Å². The molecule has 2 rings (SSSR count). The highest BCUT2D eigenvalue weighted by Crippen LogP contribution is 2.33. The fourth-order valence-corrected chi connectivity index (χ4v) is 2.16. The minimum Gasteiger partial charge on any atom is -0.501 e. The van der Waals surface area contributed by atoms with Crippen LogP contribution < -0.4 is 0 Å². The van der Waals surface area contributed by atoms with Gasteiger partial charge in [0.2, 0.25) is 0 Å². The van der Waals surface area contributed by atoms with E-state index in [0.29, 0.717) is 11.8 Å². The van der Waals surface area contributed by atoms with Crippen molar-refractivity contribution < 1.29 is 4.74 Å². The lowest BCUT2D eigenvalue weighted by molar-refractivity contribution is 0.265. The Morgan fingerprint density at radius 2 is 2.06 bits per heavy atom. The van der Waals surface area contributed by atoms with E-state index < -0.39 is 0 Å². The van der Waals surface area contributed by atoms with Crippen LogP contribution in [0.4, 0.5) is 0 Å². The highest BCUT2D eigenvalue weighted by molar-refractivity contribution is 5.89. The topological polar surface area (TPSA) is 21.6 Å². The second-order valence-electron chi connectivity index (χ2n) is 4.66. The normalized spacial score (nSPS) is 29.2. The predicted octanol–water partition coefficient (Wildman–Crippen LogP) is 3.48. The summed E-state index contributed by atoms with van der Waals surface area (Å²) in [5.41, 5.74) is 3.71. The second kappa shape index (κ2) is 4.28. The SMILES string of the molecule is COC1=CC=C(C2=CC(C)C(C)=N2)C(C)C1.